The van der Waals surface area contributed by atoms with Gasteiger partial charge in [-0.25, -0.2) is 0 Å². The van der Waals surface area contributed by atoms with Gasteiger partial charge in [-0.1, -0.05) is 19.1 Å². The van der Waals surface area contributed by atoms with E-state index in [0.717, 1.165) is 18.6 Å². The number of hydrogen-bond donors (Lipinski definition) is 0. The van der Waals surface area contributed by atoms with Crippen molar-refractivity contribution in [1.29, 1.82) is 0 Å². The van der Waals surface area contributed by atoms with Crippen LogP contribution in [0.1, 0.15) is 44.3 Å². The Morgan fingerprint density at radius 1 is 1.25 bits per heavy atom. The molecule has 1 heterocycles. The van der Waals surface area contributed by atoms with E-state index in [9.17, 15) is 0 Å². The zero-order valence-corrected chi connectivity index (χ0v) is 10.1. The van der Waals surface area contributed by atoms with Gasteiger partial charge in [-0.3, -0.25) is 0 Å². The van der Waals surface area contributed by atoms with Crippen molar-refractivity contribution in [3.63, 3.8) is 0 Å². The number of methoxy groups -OCH3 is 1. The molecule has 2 atom stereocenters. The molecule has 0 N–H and O–H groups in total. The van der Waals surface area contributed by atoms with E-state index in [0.29, 0.717) is 6.10 Å². The lowest BCUT2D eigenvalue weighted by Crippen LogP contribution is -2.21. The third-order valence-electron chi connectivity index (χ3n) is 3.29. The molecule has 1 aromatic rings. The van der Waals surface area contributed by atoms with Gasteiger partial charge in [0.25, 0.3) is 0 Å². The van der Waals surface area contributed by atoms with E-state index in [2.05, 4.69) is 19.1 Å². The van der Waals surface area contributed by atoms with Crippen LogP contribution in [0, 0.1) is 0 Å². The molecule has 0 spiro atoms. The Balaban J connectivity index is 2.05. The maximum absolute atomic E-state index is 6.05. The normalized spacial score (nSPS) is 25.4. The second kappa shape index (κ2) is 5.35. The fraction of sp³-hybridized carbons (Fsp3) is 0.571. The van der Waals surface area contributed by atoms with Crippen LogP contribution in [0.25, 0.3) is 0 Å². The van der Waals surface area contributed by atoms with Crippen LogP contribution >= 0.6 is 0 Å². The van der Waals surface area contributed by atoms with E-state index < -0.39 is 0 Å². The first-order valence-electron chi connectivity index (χ1n) is 6.13. The molecule has 2 heteroatoms. The Morgan fingerprint density at radius 3 is 2.62 bits per heavy atom. The predicted octanol–water partition coefficient (Wildman–Crippen LogP) is 3.72. The molecule has 1 aliphatic rings. The van der Waals surface area contributed by atoms with E-state index in [4.69, 9.17) is 9.47 Å². The largest absolute Gasteiger partial charge is 0.497 e. The summed E-state index contributed by atoms with van der Waals surface area (Å²) in [7, 11) is 1.69. The fourth-order valence-corrected chi connectivity index (χ4v) is 2.26. The molecule has 16 heavy (non-hydrogen) atoms. The highest BCUT2D eigenvalue weighted by molar-refractivity contribution is 5.28. The third kappa shape index (κ3) is 2.56. The molecule has 1 saturated heterocycles. The van der Waals surface area contributed by atoms with E-state index in [-0.39, 0.29) is 6.10 Å². The molecular weight excluding hydrogens is 200 g/mol. The van der Waals surface area contributed by atoms with Crippen molar-refractivity contribution in [3.05, 3.63) is 29.8 Å². The summed E-state index contributed by atoms with van der Waals surface area (Å²) in [5, 5.41) is 0. The molecule has 0 amide bonds. The SMILES string of the molecule is CC[C@H]1CCCC(c2ccc(OC)cc2)O1. The van der Waals surface area contributed by atoms with Gasteiger partial charge in [0.05, 0.1) is 19.3 Å². The summed E-state index contributed by atoms with van der Waals surface area (Å²) < 4.78 is 11.2. The van der Waals surface area contributed by atoms with Crippen LogP contribution in [0.2, 0.25) is 0 Å². The van der Waals surface area contributed by atoms with Crippen LogP contribution in [0.3, 0.4) is 0 Å². The van der Waals surface area contributed by atoms with E-state index in [1.54, 1.807) is 7.11 Å². The Hall–Kier alpha value is -1.02. The Bertz CT molecular complexity index is 318. The maximum atomic E-state index is 6.05. The molecule has 1 aliphatic heterocycles. The highest BCUT2D eigenvalue weighted by atomic mass is 16.5. The summed E-state index contributed by atoms with van der Waals surface area (Å²) >= 11 is 0. The number of ether oxygens (including phenoxy) is 2. The molecular formula is C14H20O2. The smallest absolute Gasteiger partial charge is 0.118 e. The molecule has 1 fully saturated rings. The van der Waals surface area contributed by atoms with E-state index in [1.165, 1.54) is 18.4 Å². The van der Waals surface area contributed by atoms with Crippen molar-refractivity contribution >= 4 is 0 Å². The van der Waals surface area contributed by atoms with Crippen LogP contribution < -0.4 is 4.74 Å². The zero-order chi connectivity index (χ0) is 11.4. The van der Waals surface area contributed by atoms with Gasteiger partial charge in [-0.15, -0.1) is 0 Å². The first-order valence-corrected chi connectivity index (χ1v) is 6.13. The van der Waals surface area contributed by atoms with Crippen LogP contribution in [0.5, 0.6) is 5.75 Å². The van der Waals surface area contributed by atoms with Crippen molar-refractivity contribution in [1.82, 2.24) is 0 Å². The minimum atomic E-state index is 0.282. The standard InChI is InChI=1S/C14H20O2/c1-3-12-5-4-6-14(16-12)11-7-9-13(15-2)10-8-11/h7-10,12,14H,3-6H2,1-2H3/t12-,14?/m0/s1. The van der Waals surface area contributed by atoms with E-state index in [1.807, 2.05) is 12.1 Å². The number of benzene rings is 1. The van der Waals surface area contributed by atoms with Gasteiger partial charge in [0.2, 0.25) is 0 Å². The van der Waals surface area contributed by atoms with Crippen LogP contribution in [0.15, 0.2) is 24.3 Å². The lowest BCUT2D eigenvalue weighted by atomic mass is 9.97. The predicted molar refractivity (Wildman–Crippen MR) is 64.8 cm³/mol. The number of hydrogen-bond acceptors (Lipinski definition) is 2. The molecule has 0 saturated carbocycles. The van der Waals surface area contributed by atoms with Crippen LogP contribution in [-0.4, -0.2) is 13.2 Å². The summed E-state index contributed by atoms with van der Waals surface area (Å²) in [5.41, 5.74) is 1.28. The summed E-state index contributed by atoms with van der Waals surface area (Å²) in [4.78, 5) is 0. The Labute approximate surface area is 97.6 Å². The molecule has 0 aliphatic carbocycles. The summed E-state index contributed by atoms with van der Waals surface area (Å²) in [6.45, 7) is 2.20. The molecule has 0 bridgehead atoms. The molecule has 1 aromatic carbocycles. The average molecular weight is 220 g/mol. The molecule has 0 aromatic heterocycles. The lowest BCUT2D eigenvalue weighted by molar-refractivity contribution is -0.0525. The summed E-state index contributed by atoms with van der Waals surface area (Å²) in [5.74, 6) is 0.909. The van der Waals surface area contributed by atoms with Crippen LogP contribution in [-0.2, 0) is 4.74 Å². The third-order valence-corrected chi connectivity index (χ3v) is 3.29. The second-order valence-corrected chi connectivity index (χ2v) is 4.36. The van der Waals surface area contributed by atoms with Gasteiger partial charge in [0.15, 0.2) is 0 Å². The Kier molecular flexibility index (Phi) is 3.83. The topological polar surface area (TPSA) is 18.5 Å². The first-order chi connectivity index (χ1) is 7.83. The lowest BCUT2D eigenvalue weighted by Gasteiger charge is -2.29. The van der Waals surface area contributed by atoms with Gasteiger partial charge in [-0.05, 0) is 43.4 Å². The summed E-state index contributed by atoms with van der Waals surface area (Å²) in [6, 6.07) is 8.24. The van der Waals surface area contributed by atoms with Gasteiger partial charge in [-0.2, -0.15) is 0 Å². The zero-order valence-electron chi connectivity index (χ0n) is 10.1. The molecule has 0 radical (unpaired) electrons. The highest BCUT2D eigenvalue weighted by Gasteiger charge is 2.22. The van der Waals surface area contributed by atoms with Crippen molar-refractivity contribution in [2.75, 3.05) is 7.11 Å². The van der Waals surface area contributed by atoms with Crippen molar-refractivity contribution in [2.24, 2.45) is 0 Å². The molecule has 1 unspecified atom stereocenters. The molecule has 2 rings (SSSR count). The van der Waals surface area contributed by atoms with Crippen molar-refractivity contribution < 1.29 is 9.47 Å². The maximum Gasteiger partial charge on any atom is 0.118 e. The second-order valence-electron chi connectivity index (χ2n) is 4.36. The Morgan fingerprint density at radius 2 is 2.00 bits per heavy atom. The quantitative estimate of drug-likeness (QED) is 0.773. The minimum Gasteiger partial charge on any atom is -0.497 e. The fourth-order valence-electron chi connectivity index (χ4n) is 2.26. The minimum absolute atomic E-state index is 0.282. The van der Waals surface area contributed by atoms with Crippen LogP contribution in [0.4, 0.5) is 0 Å². The molecule has 2 nitrogen and oxygen atoms in total. The van der Waals surface area contributed by atoms with Gasteiger partial charge >= 0.3 is 0 Å². The van der Waals surface area contributed by atoms with Gasteiger partial charge in [0.1, 0.15) is 5.75 Å². The monoisotopic (exact) mass is 220 g/mol. The van der Waals surface area contributed by atoms with Gasteiger partial charge < -0.3 is 9.47 Å². The van der Waals surface area contributed by atoms with E-state index >= 15 is 0 Å². The number of rotatable bonds is 3. The van der Waals surface area contributed by atoms with Crippen molar-refractivity contribution in [2.45, 2.75) is 44.8 Å². The molecule has 88 valence electrons. The first kappa shape index (κ1) is 11.5. The van der Waals surface area contributed by atoms with Gasteiger partial charge in [0, 0.05) is 0 Å². The highest BCUT2D eigenvalue weighted by Crippen LogP contribution is 2.32. The summed E-state index contributed by atoms with van der Waals surface area (Å²) in [6.07, 6.45) is 5.47. The average Bonchev–Trinajstić information content (AvgIpc) is 2.39. The van der Waals surface area contributed by atoms with Crippen molar-refractivity contribution in [3.8, 4) is 5.75 Å².